The molecular formula is C138H80N10. The molecule has 0 saturated carbocycles. The summed E-state index contributed by atoms with van der Waals surface area (Å²) >= 11 is 0. The molecule has 10 nitrogen and oxygen atoms in total. The van der Waals surface area contributed by atoms with Crippen LogP contribution in [0.3, 0.4) is 0 Å². The average molecular weight is 1880 g/mol. The number of nitrogens with zero attached hydrogens (tertiary/aromatic N) is 10. The molecule has 148 heavy (non-hydrogen) atoms. The Morgan fingerprint density at radius 1 is 0.142 bits per heavy atom. The van der Waals surface area contributed by atoms with Gasteiger partial charge in [-0.05, 0) is 191 Å². The van der Waals surface area contributed by atoms with Gasteiger partial charge in [0.05, 0.1) is 105 Å². The van der Waals surface area contributed by atoms with Crippen LogP contribution in [0, 0.1) is 0 Å². The fourth-order valence-electron chi connectivity index (χ4n) is 25.7. The zero-order valence-corrected chi connectivity index (χ0v) is 79.7. The first-order valence-electron chi connectivity index (χ1n) is 50.8. The summed E-state index contributed by atoms with van der Waals surface area (Å²) in [5.41, 5.74) is 30.1. The monoisotopic (exact) mass is 1880 g/mol. The molecule has 0 radical (unpaired) electrons. The number of aromatic nitrogens is 10. The second kappa shape index (κ2) is 30.8. The largest absolute Gasteiger partial charge is 0.309 e. The fourth-order valence-corrected chi connectivity index (χ4v) is 25.7. The molecule has 24 aromatic carbocycles. The van der Waals surface area contributed by atoms with Crippen molar-refractivity contribution in [1.29, 1.82) is 0 Å². The van der Waals surface area contributed by atoms with Crippen LogP contribution in [0.15, 0.2) is 485 Å². The smallest absolute Gasteiger partial charge is 0.235 e. The topological polar surface area (TPSA) is 79.6 Å². The number of fused-ring (bicyclic) bond motifs is 37. The highest BCUT2D eigenvalue weighted by molar-refractivity contribution is 6.40. The molecule has 10 heteroatoms. The molecule has 11 aromatic heterocycles. The predicted octanol–water partition coefficient (Wildman–Crippen LogP) is 36.1. The number of hydrogen-bond donors (Lipinski definition) is 0. The number of rotatable bonds is 7. The summed E-state index contributed by atoms with van der Waals surface area (Å²) in [4.78, 5) is 21.4. The van der Waals surface area contributed by atoms with Crippen LogP contribution in [-0.4, -0.2) is 46.8 Å². The molecule has 0 N–H and O–H groups in total. The van der Waals surface area contributed by atoms with Gasteiger partial charge in [0.2, 0.25) is 11.9 Å². The van der Waals surface area contributed by atoms with E-state index >= 15 is 0 Å². The van der Waals surface area contributed by atoms with Crippen molar-refractivity contribution in [3.05, 3.63) is 485 Å². The average Bonchev–Trinajstić information content (AvgIpc) is 1.52. The van der Waals surface area contributed by atoms with Crippen LogP contribution in [0.4, 0.5) is 0 Å². The van der Waals surface area contributed by atoms with Gasteiger partial charge in [-0.2, -0.15) is 0 Å². The van der Waals surface area contributed by atoms with E-state index < -0.39 is 0 Å². The number of benzene rings is 24. The van der Waals surface area contributed by atoms with E-state index in [4.69, 9.17) is 19.9 Å². The van der Waals surface area contributed by atoms with Gasteiger partial charge in [-0.3, -0.25) is 9.13 Å². The van der Waals surface area contributed by atoms with E-state index in [9.17, 15) is 0 Å². The van der Waals surface area contributed by atoms with Gasteiger partial charge in [0.1, 0.15) is 0 Å². The maximum Gasteiger partial charge on any atom is 0.235 e. The van der Waals surface area contributed by atoms with Crippen LogP contribution < -0.4 is 0 Å². The lowest BCUT2D eigenvalue weighted by atomic mass is 9.95. The normalized spacial score (nSPS) is 12.3. The Kier molecular flexibility index (Phi) is 16.8. The second-order valence-electron chi connectivity index (χ2n) is 39.7. The third-order valence-corrected chi connectivity index (χ3v) is 32.0. The van der Waals surface area contributed by atoms with Gasteiger partial charge in [0.15, 0.2) is 0 Å². The Balaban J connectivity index is 0.0000000968. The summed E-state index contributed by atoms with van der Waals surface area (Å²) in [6.45, 7) is 0. The van der Waals surface area contributed by atoms with Gasteiger partial charge < -0.3 is 17.8 Å². The highest BCUT2D eigenvalue weighted by atomic mass is 15.2. The van der Waals surface area contributed by atoms with Crippen LogP contribution in [-0.2, 0) is 0 Å². The molecule has 0 amide bonds. The van der Waals surface area contributed by atoms with Crippen LogP contribution in [0.2, 0.25) is 0 Å². The van der Waals surface area contributed by atoms with Gasteiger partial charge in [-0.25, -0.2) is 19.9 Å². The summed E-state index contributed by atoms with van der Waals surface area (Å²) in [6.07, 6.45) is 0. The molecule has 35 aromatic rings. The van der Waals surface area contributed by atoms with E-state index in [2.05, 4.69) is 506 Å². The second-order valence-corrected chi connectivity index (χ2v) is 39.7. The van der Waals surface area contributed by atoms with Gasteiger partial charge in [-0.15, -0.1) is 0 Å². The zero-order valence-electron chi connectivity index (χ0n) is 79.7. The van der Waals surface area contributed by atoms with Crippen LogP contribution in [0.25, 0.3) is 318 Å². The lowest BCUT2D eigenvalue weighted by molar-refractivity contribution is 1.01. The minimum atomic E-state index is 0.671. The standard InChI is InChI=1S/C50H30N2.C46H26N4.C42H24N4/c1-2-12-31(13-3-1)32-22-24-33(25-23-32)41-29-37(26-36-16-6-7-17-38(36)41)51-44-20-10-8-18-39(44)48-47(51)30-43-42-27-34-14-4-5-15-35(34)28-46(42)52-45-21-11-9-19-40(45)49(48)50(43)52;1-2-14-29-25-40-35(24-28(29)13-1)36-26-41-42(43-34-19-7-9-22-38(34)49(40)45(36)43)33-18-6-10-23-39(33)50(41)46-47-37-21-8-5-17-32(37)44(48-46)31-20-11-15-27-12-3-4-16-30(27)31;1-2-12-25(13-3-1)40-28-16-6-9-19-33(28)43-42(44-40)46-35-21-11-7-17-29(35)38-37(46)24-32-31-22-26-14-4-5-15-27(26)23-36(31)45-34-20-10-8-18-30(34)39(38)41(32)45/h1-30H;1-26H;1-24H. The summed E-state index contributed by atoms with van der Waals surface area (Å²) in [5, 5.41) is 37.2. The minimum absolute atomic E-state index is 0.671. The highest BCUT2D eigenvalue weighted by Gasteiger charge is 2.32. The molecule has 0 aliphatic carbocycles. The predicted molar refractivity (Wildman–Crippen MR) is 622 cm³/mol. The first kappa shape index (κ1) is 80.7. The molecular weight excluding hydrogens is 1800 g/mol. The fraction of sp³-hybridized carbons (Fsp3) is 0. The van der Waals surface area contributed by atoms with E-state index in [-0.39, 0.29) is 0 Å². The first-order valence-corrected chi connectivity index (χ1v) is 50.8. The van der Waals surface area contributed by atoms with Crippen molar-refractivity contribution in [3.63, 3.8) is 0 Å². The first-order chi connectivity index (χ1) is 73.4. The summed E-state index contributed by atoms with van der Waals surface area (Å²) in [5.74, 6) is 1.35. The van der Waals surface area contributed by atoms with Crippen molar-refractivity contribution >= 4 is 255 Å². The highest BCUT2D eigenvalue weighted by Crippen LogP contribution is 2.54. The molecule has 0 unspecified atom stereocenters. The number of para-hydroxylation sites is 8. The molecule has 0 spiro atoms. The molecule has 0 atom stereocenters. The summed E-state index contributed by atoms with van der Waals surface area (Å²) < 4.78 is 14.6. The lowest BCUT2D eigenvalue weighted by Crippen LogP contribution is -2.03. The van der Waals surface area contributed by atoms with Crippen LogP contribution >= 0.6 is 0 Å². The Morgan fingerprint density at radius 3 is 0.885 bits per heavy atom. The third-order valence-electron chi connectivity index (χ3n) is 32.0. The van der Waals surface area contributed by atoms with Gasteiger partial charge in [0, 0.05) is 125 Å². The lowest BCUT2D eigenvalue weighted by Gasteiger charge is -2.14. The zero-order chi connectivity index (χ0) is 96.3. The molecule has 0 saturated heterocycles. The number of hydrogen-bond acceptors (Lipinski definition) is 4. The van der Waals surface area contributed by atoms with Crippen molar-refractivity contribution in [2.24, 2.45) is 0 Å². The van der Waals surface area contributed by atoms with E-state index in [1.807, 2.05) is 6.07 Å². The van der Waals surface area contributed by atoms with Crippen molar-refractivity contribution in [3.8, 4) is 62.4 Å². The molecule has 0 bridgehead atoms. The van der Waals surface area contributed by atoms with Gasteiger partial charge in [-0.1, -0.05) is 370 Å². The van der Waals surface area contributed by atoms with Crippen LogP contribution in [0.5, 0.6) is 0 Å². The Hall–Kier alpha value is -19.9. The van der Waals surface area contributed by atoms with Gasteiger partial charge >= 0.3 is 0 Å². The van der Waals surface area contributed by atoms with E-state index in [1.54, 1.807) is 0 Å². The Morgan fingerprint density at radius 2 is 0.446 bits per heavy atom. The Bertz CT molecular complexity index is 11900. The van der Waals surface area contributed by atoms with E-state index in [1.165, 1.54) is 239 Å². The van der Waals surface area contributed by atoms with Gasteiger partial charge in [0.25, 0.3) is 0 Å². The van der Waals surface area contributed by atoms with E-state index in [0.717, 1.165) is 66.4 Å². The molecule has 0 fully saturated rings. The summed E-state index contributed by atoms with van der Waals surface area (Å²) in [7, 11) is 0. The molecule has 0 aliphatic heterocycles. The third kappa shape index (κ3) is 11.4. The maximum atomic E-state index is 5.49. The minimum Gasteiger partial charge on any atom is -0.309 e. The van der Waals surface area contributed by atoms with Crippen LogP contribution in [0.1, 0.15) is 0 Å². The SMILES string of the molecule is c1ccc(-c2ccc(-c3cc(-n4c5ccccc5c5c6c7ccccc7n7c8cc9ccccc9cc8c(cc54)c67)cc4ccccc34)cc2)cc1.c1ccc(-c2nc(-n3c4ccccc4c4c5c6ccccc6n6c7cc8ccccc8cc7c(cc43)c56)nc3ccccc23)cc1.c1ccc2cc3c(cc2c1)c1cc2c(c4ccccc4n2-c2nc(-c4cccc5ccccc45)c4ccccc4n2)c2c4ccccc4n3c12. The molecule has 0 aliphatic rings. The van der Waals surface area contributed by atoms with Crippen molar-refractivity contribution in [2.75, 3.05) is 0 Å². The molecule has 35 rings (SSSR count). The summed E-state index contributed by atoms with van der Waals surface area (Å²) in [6, 6.07) is 176. The molecule has 682 valence electrons. The van der Waals surface area contributed by atoms with Crippen molar-refractivity contribution < 1.29 is 0 Å². The van der Waals surface area contributed by atoms with E-state index in [0.29, 0.717) is 11.9 Å². The Labute approximate surface area is 843 Å². The quantitative estimate of drug-likeness (QED) is 0.159. The van der Waals surface area contributed by atoms with Crippen molar-refractivity contribution in [1.82, 2.24) is 46.8 Å². The maximum absolute atomic E-state index is 5.49. The molecule has 11 heterocycles. The van der Waals surface area contributed by atoms with Crippen molar-refractivity contribution in [2.45, 2.75) is 0 Å².